The van der Waals surface area contributed by atoms with Crippen molar-refractivity contribution in [1.29, 1.82) is 0 Å². The second kappa shape index (κ2) is 7.87. The van der Waals surface area contributed by atoms with Gasteiger partial charge in [0.2, 0.25) is 0 Å². The second-order valence-corrected chi connectivity index (χ2v) is 7.66. The van der Waals surface area contributed by atoms with E-state index in [-0.39, 0.29) is 17.5 Å². The number of aliphatic hydroxyl groups is 2. The number of rotatable bonds is 5. The first-order chi connectivity index (χ1) is 11.2. The molecule has 0 radical (unpaired) electrons. The Morgan fingerprint density at radius 1 is 1.00 bits per heavy atom. The maximum atomic E-state index is 13.7. The van der Waals surface area contributed by atoms with Crippen LogP contribution in [0.5, 0.6) is 0 Å². The summed E-state index contributed by atoms with van der Waals surface area (Å²) in [5.41, 5.74) is -0.150. The summed E-state index contributed by atoms with van der Waals surface area (Å²) in [6.45, 7) is 9.95. The minimum atomic E-state index is -1.05. The van der Waals surface area contributed by atoms with Crippen LogP contribution in [-0.4, -0.2) is 65.4 Å². The third-order valence-corrected chi connectivity index (χ3v) is 4.64. The van der Waals surface area contributed by atoms with Crippen molar-refractivity contribution in [1.82, 2.24) is 9.80 Å². The number of benzene rings is 1. The van der Waals surface area contributed by atoms with E-state index in [9.17, 15) is 19.0 Å². The van der Waals surface area contributed by atoms with E-state index in [0.717, 1.165) is 44.4 Å². The van der Waals surface area contributed by atoms with Crippen molar-refractivity contribution in [3.05, 3.63) is 35.4 Å². The van der Waals surface area contributed by atoms with Gasteiger partial charge >= 0.3 is 0 Å². The van der Waals surface area contributed by atoms with E-state index >= 15 is 0 Å². The lowest BCUT2D eigenvalue weighted by Crippen LogP contribution is -2.50. The number of β-amino-alcohol motifs (C(OH)–C–C–N with tert-alkyl or cyclic N) is 2. The van der Waals surface area contributed by atoms with Gasteiger partial charge in [-0.3, -0.25) is 9.80 Å². The van der Waals surface area contributed by atoms with Gasteiger partial charge in [-0.15, -0.1) is 0 Å². The Kier molecular flexibility index (Phi) is 6.31. The van der Waals surface area contributed by atoms with E-state index in [1.807, 2.05) is 25.7 Å². The minimum absolute atomic E-state index is 0.000541. The monoisotopic (exact) mass is 342 g/mol. The zero-order valence-corrected chi connectivity index (χ0v) is 14.7. The SMILES string of the molecule is CC(C)(C)C(O)CN1CCN(CC(O)c2cc(F)ccc2F)CC1. The molecule has 2 atom stereocenters. The Morgan fingerprint density at radius 3 is 2.08 bits per heavy atom. The third kappa shape index (κ3) is 5.21. The van der Waals surface area contributed by atoms with Gasteiger partial charge in [0, 0.05) is 44.8 Å². The normalized spacial score (nSPS) is 20.1. The molecule has 6 heteroatoms. The summed E-state index contributed by atoms with van der Waals surface area (Å²) in [6, 6.07) is 3.14. The maximum absolute atomic E-state index is 13.7. The molecule has 24 heavy (non-hydrogen) atoms. The first-order valence-electron chi connectivity index (χ1n) is 8.42. The summed E-state index contributed by atoms with van der Waals surface area (Å²) in [6.07, 6.45) is -1.44. The van der Waals surface area contributed by atoms with Gasteiger partial charge < -0.3 is 10.2 Å². The van der Waals surface area contributed by atoms with Crippen molar-refractivity contribution in [3.63, 3.8) is 0 Å². The van der Waals surface area contributed by atoms with Crippen LogP contribution in [0.15, 0.2) is 18.2 Å². The molecule has 1 aromatic rings. The maximum Gasteiger partial charge on any atom is 0.129 e. The molecule has 2 N–H and O–H groups in total. The van der Waals surface area contributed by atoms with E-state index < -0.39 is 23.8 Å². The number of piperazine rings is 1. The Hall–Kier alpha value is -1.08. The molecule has 0 aliphatic carbocycles. The molecular weight excluding hydrogens is 314 g/mol. The van der Waals surface area contributed by atoms with Crippen LogP contribution in [0.2, 0.25) is 0 Å². The Labute approximate surface area is 142 Å². The van der Waals surface area contributed by atoms with Gasteiger partial charge in [-0.25, -0.2) is 8.78 Å². The molecule has 1 aliphatic rings. The van der Waals surface area contributed by atoms with Crippen molar-refractivity contribution >= 4 is 0 Å². The van der Waals surface area contributed by atoms with Gasteiger partial charge in [0.25, 0.3) is 0 Å². The fraction of sp³-hybridized carbons (Fsp3) is 0.667. The molecule has 0 bridgehead atoms. The molecule has 4 nitrogen and oxygen atoms in total. The lowest BCUT2D eigenvalue weighted by atomic mass is 9.89. The third-order valence-electron chi connectivity index (χ3n) is 4.64. The van der Waals surface area contributed by atoms with Gasteiger partial charge in [0.05, 0.1) is 12.2 Å². The topological polar surface area (TPSA) is 46.9 Å². The fourth-order valence-corrected chi connectivity index (χ4v) is 2.79. The molecule has 1 aliphatic heterocycles. The van der Waals surface area contributed by atoms with Crippen molar-refractivity contribution in [2.24, 2.45) is 5.41 Å². The highest BCUT2D eigenvalue weighted by Crippen LogP contribution is 2.22. The number of hydrogen-bond acceptors (Lipinski definition) is 4. The van der Waals surface area contributed by atoms with Crippen LogP contribution < -0.4 is 0 Å². The molecule has 1 heterocycles. The van der Waals surface area contributed by atoms with E-state index in [4.69, 9.17) is 0 Å². The highest BCUT2D eigenvalue weighted by atomic mass is 19.1. The summed E-state index contributed by atoms with van der Waals surface area (Å²) < 4.78 is 26.9. The predicted octanol–water partition coefficient (Wildman–Crippen LogP) is 2.02. The van der Waals surface area contributed by atoms with Crippen LogP contribution in [0.1, 0.15) is 32.4 Å². The fourth-order valence-electron chi connectivity index (χ4n) is 2.79. The average molecular weight is 342 g/mol. The number of nitrogens with zero attached hydrogens (tertiary/aromatic N) is 2. The van der Waals surface area contributed by atoms with E-state index in [0.29, 0.717) is 6.54 Å². The molecule has 2 rings (SSSR count). The van der Waals surface area contributed by atoms with Crippen LogP contribution in [0.4, 0.5) is 8.78 Å². The van der Waals surface area contributed by atoms with Crippen LogP contribution >= 0.6 is 0 Å². The summed E-state index contributed by atoms with van der Waals surface area (Å²) >= 11 is 0. The van der Waals surface area contributed by atoms with Crippen molar-refractivity contribution in [3.8, 4) is 0 Å². The highest BCUT2D eigenvalue weighted by molar-refractivity contribution is 5.21. The van der Waals surface area contributed by atoms with Gasteiger partial charge in [0.15, 0.2) is 0 Å². The molecule has 0 amide bonds. The van der Waals surface area contributed by atoms with E-state index in [1.54, 1.807) is 0 Å². The van der Waals surface area contributed by atoms with Crippen molar-refractivity contribution in [2.45, 2.75) is 33.0 Å². The molecule has 0 spiro atoms. The standard InChI is InChI=1S/C18H28F2N2O2/c1-18(2,3)17(24)12-22-8-6-21(7-9-22)11-16(23)14-10-13(19)4-5-15(14)20/h4-5,10,16-17,23-24H,6-9,11-12H2,1-3H3. The van der Waals surface area contributed by atoms with Gasteiger partial charge in [-0.05, 0) is 23.6 Å². The van der Waals surface area contributed by atoms with Gasteiger partial charge in [-0.1, -0.05) is 20.8 Å². The average Bonchev–Trinajstić information content (AvgIpc) is 2.50. The van der Waals surface area contributed by atoms with E-state index in [1.165, 1.54) is 0 Å². The molecule has 2 unspecified atom stereocenters. The summed E-state index contributed by atoms with van der Waals surface area (Å²) in [5, 5.41) is 20.4. The Bertz CT molecular complexity index is 540. The molecule has 1 fully saturated rings. The first kappa shape index (κ1) is 19.2. The highest BCUT2D eigenvalue weighted by Gasteiger charge is 2.27. The molecule has 0 saturated carbocycles. The van der Waals surface area contributed by atoms with Crippen LogP contribution in [-0.2, 0) is 0 Å². The zero-order valence-electron chi connectivity index (χ0n) is 14.7. The van der Waals surface area contributed by atoms with E-state index in [2.05, 4.69) is 4.90 Å². The molecule has 1 aromatic carbocycles. The minimum Gasteiger partial charge on any atom is -0.391 e. The largest absolute Gasteiger partial charge is 0.391 e. The number of halogens is 2. The van der Waals surface area contributed by atoms with Crippen LogP contribution in [0, 0.1) is 17.0 Å². The quantitative estimate of drug-likeness (QED) is 0.860. The van der Waals surface area contributed by atoms with Gasteiger partial charge in [0.1, 0.15) is 11.6 Å². The Morgan fingerprint density at radius 2 is 1.54 bits per heavy atom. The van der Waals surface area contributed by atoms with Crippen molar-refractivity contribution in [2.75, 3.05) is 39.3 Å². The lowest BCUT2D eigenvalue weighted by Gasteiger charge is -2.38. The van der Waals surface area contributed by atoms with Crippen LogP contribution in [0.3, 0.4) is 0 Å². The molecule has 1 saturated heterocycles. The molecular formula is C18H28F2N2O2. The summed E-state index contributed by atoms with van der Waals surface area (Å²) in [5.74, 6) is -1.14. The van der Waals surface area contributed by atoms with Crippen LogP contribution in [0.25, 0.3) is 0 Å². The Balaban J connectivity index is 1.83. The first-order valence-corrected chi connectivity index (χ1v) is 8.42. The zero-order chi connectivity index (χ0) is 17.9. The molecule has 136 valence electrons. The smallest absolute Gasteiger partial charge is 0.129 e. The molecule has 0 aromatic heterocycles. The van der Waals surface area contributed by atoms with Gasteiger partial charge in [-0.2, -0.15) is 0 Å². The summed E-state index contributed by atoms with van der Waals surface area (Å²) in [7, 11) is 0. The summed E-state index contributed by atoms with van der Waals surface area (Å²) in [4.78, 5) is 4.23. The second-order valence-electron chi connectivity index (χ2n) is 7.66. The number of aliphatic hydroxyl groups excluding tert-OH is 2. The van der Waals surface area contributed by atoms with Crippen molar-refractivity contribution < 1.29 is 19.0 Å². The lowest BCUT2D eigenvalue weighted by molar-refractivity contribution is 0.00695. The number of hydrogen-bond donors (Lipinski definition) is 2. The predicted molar refractivity (Wildman–Crippen MR) is 89.7 cm³/mol.